The van der Waals surface area contributed by atoms with Crippen molar-refractivity contribution < 1.29 is 33.0 Å². The van der Waals surface area contributed by atoms with Crippen molar-refractivity contribution in [2.45, 2.75) is 19.4 Å². The van der Waals surface area contributed by atoms with Crippen LogP contribution in [0, 0.1) is 11.7 Å². The van der Waals surface area contributed by atoms with Crippen LogP contribution in [0.4, 0.5) is 20.6 Å². The van der Waals surface area contributed by atoms with Gasteiger partial charge in [-0.15, -0.1) is 0 Å². The molecule has 1 unspecified atom stereocenters. The van der Waals surface area contributed by atoms with Gasteiger partial charge in [0.15, 0.2) is 5.78 Å². The number of ketones is 1. The molecule has 1 aromatic carbocycles. The predicted octanol–water partition coefficient (Wildman–Crippen LogP) is 0.855. The summed E-state index contributed by atoms with van der Waals surface area (Å²) in [7, 11) is 1.21. The fourth-order valence-corrected chi connectivity index (χ4v) is 3.42. The molecule has 29 heavy (non-hydrogen) atoms. The molecule has 0 saturated carbocycles. The Hall–Kier alpha value is -3.17. The smallest absolute Gasteiger partial charge is 0.414 e. The number of carbonyl (C=O) groups is 4. The average Bonchev–Trinajstić information content (AvgIpc) is 3.07. The Morgan fingerprint density at radius 2 is 2.07 bits per heavy atom. The molecule has 1 N–H and O–H groups in total. The van der Waals surface area contributed by atoms with Crippen LogP contribution in [0.2, 0.25) is 0 Å². The Bertz CT molecular complexity index is 837. The summed E-state index contributed by atoms with van der Waals surface area (Å²) < 4.78 is 24.6. The van der Waals surface area contributed by atoms with Crippen LogP contribution >= 0.6 is 0 Å². The number of rotatable bonds is 5. The van der Waals surface area contributed by atoms with E-state index in [1.807, 2.05) is 0 Å². The van der Waals surface area contributed by atoms with Gasteiger partial charge in [0.25, 0.3) is 0 Å². The fraction of sp³-hybridized carbons (Fsp3) is 0.474. The lowest BCUT2D eigenvalue weighted by Gasteiger charge is -2.32. The molecule has 1 aromatic rings. The van der Waals surface area contributed by atoms with Crippen LogP contribution in [0.1, 0.15) is 13.3 Å². The lowest BCUT2D eigenvalue weighted by Crippen LogP contribution is -2.45. The Labute approximate surface area is 166 Å². The highest BCUT2D eigenvalue weighted by molar-refractivity contribution is 6.00. The molecule has 0 aliphatic carbocycles. The molecule has 2 aliphatic heterocycles. The van der Waals surface area contributed by atoms with Gasteiger partial charge >= 0.3 is 12.1 Å². The summed E-state index contributed by atoms with van der Waals surface area (Å²) in [5, 5.41) is 2.58. The van der Waals surface area contributed by atoms with E-state index in [1.165, 1.54) is 31.1 Å². The van der Waals surface area contributed by atoms with Crippen LogP contribution in [-0.4, -0.2) is 63.1 Å². The third kappa shape index (κ3) is 4.47. The van der Waals surface area contributed by atoms with Gasteiger partial charge in [-0.2, -0.15) is 0 Å². The van der Waals surface area contributed by atoms with Gasteiger partial charge in [0.1, 0.15) is 17.8 Å². The summed E-state index contributed by atoms with van der Waals surface area (Å²) >= 11 is 0. The fourth-order valence-electron chi connectivity index (χ4n) is 3.42. The second kappa shape index (κ2) is 8.46. The van der Waals surface area contributed by atoms with Gasteiger partial charge in [0.05, 0.1) is 31.6 Å². The van der Waals surface area contributed by atoms with Gasteiger partial charge in [0, 0.05) is 26.4 Å². The van der Waals surface area contributed by atoms with Crippen molar-refractivity contribution in [3.63, 3.8) is 0 Å². The Morgan fingerprint density at radius 1 is 1.31 bits per heavy atom. The van der Waals surface area contributed by atoms with Crippen molar-refractivity contribution in [2.24, 2.45) is 5.92 Å². The first-order valence-electron chi connectivity index (χ1n) is 9.17. The molecule has 2 aliphatic rings. The minimum absolute atomic E-state index is 0.0340. The summed E-state index contributed by atoms with van der Waals surface area (Å²) in [5.74, 6) is -2.63. The van der Waals surface area contributed by atoms with Gasteiger partial charge in [-0.05, 0) is 18.2 Å². The first kappa shape index (κ1) is 20.6. The van der Waals surface area contributed by atoms with E-state index in [4.69, 9.17) is 4.74 Å². The number of amides is 2. The second-order valence-corrected chi connectivity index (χ2v) is 6.93. The van der Waals surface area contributed by atoms with E-state index in [1.54, 1.807) is 11.0 Å². The predicted molar refractivity (Wildman–Crippen MR) is 100 cm³/mol. The molecule has 0 aromatic heterocycles. The monoisotopic (exact) mass is 407 g/mol. The maximum atomic E-state index is 14.8. The first-order chi connectivity index (χ1) is 13.8. The van der Waals surface area contributed by atoms with Crippen LogP contribution < -0.4 is 15.1 Å². The molecule has 2 saturated heterocycles. The number of carbonyl (C=O) groups excluding carboxylic acids is 4. The number of halogens is 1. The number of esters is 1. The largest absolute Gasteiger partial charge is 0.468 e. The highest BCUT2D eigenvalue weighted by atomic mass is 19.1. The molecule has 0 radical (unpaired) electrons. The third-order valence-electron chi connectivity index (χ3n) is 4.94. The topological polar surface area (TPSA) is 105 Å². The first-order valence-corrected chi connectivity index (χ1v) is 9.17. The lowest BCUT2D eigenvalue weighted by molar-refractivity contribution is -0.149. The highest BCUT2D eigenvalue weighted by Gasteiger charge is 2.36. The summed E-state index contributed by atoms with van der Waals surface area (Å²) in [6.07, 6.45) is -1.03. The van der Waals surface area contributed by atoms with Crippen LogP contribution in [0.15, 0.2) is 18.2 Å². The number of nitrogens with zero attached hydrogens (tertiary/aromatic N) is 2. The third-order valence-corrected chi connectivity index (χ3v) is 4.94. The summed E-state index contributed by atoms with van der Waals surface area (Å²) in [6.45, 7) is 2.04. The van der Waals surface area contributed by atoms with Crippen LogP contribution in [0.5, 0.6) is 0 Å². The molecule has 2 fully saturated rings. The van der Waals surface area contributed by atoms with Gasteiger partial charge in [-0.25, -0.2) is 9.18 Å². The zero-order valence-electron chi connectivity index (χ0n) is 16.1. The van der Waals surface area contributed by atoms with E-state index < -0.39 is 29.9 Å². The van der Waals surface area contributed by atoms with Crippen molar-refractivity contribution in [2.75, 3.05) is 43.1 Å². The van der Waals surface area contributed by atoms with E-state index in [2.05, 4.69) is 10.1 Å². The summed E-state index contributed by atoms with van der Waals surface area (Å²) in [4.78, 5) is 49.7. The van der Waals surface area contributed by atoms with Crippen molar-refractivity contribution >= 4 is 35.1 Å². The van der Waals surface area contributed by atoms with E-state index >= 15 is 0 Å². The summed E-state index contributed by atoms with van der Waals surface area (Å²) in [5.41, 5.74) is 0.552. The number of cyclic esters (lactones) is 1. The van der Waals surface area contributed by atoms with E-state index in [-0.39, 0.29) is 50.0 Å². The van der Waals surface area contributed by atoms with E-state index in [0.717, 1.165) is 0 Å². The second-order valence-electron chi connectivity index (χ2n) is 6.93. The molecule has 156 valence electrons. The standard InChI is InChI=1S/C19H22FN3O6/c1-11(24)21-8-13-9-23(19(27)29-13)12-3-4-16(15(20)7-12)22-6-5-17(25)14(10-22)18(26)28-2/h3-4,7,13-14H,5-6,8-10H2,1-2H3,(H,21,24)/t13-,14?/m0/s1. The van der Waals surface area contributed by atoms with Crippen LogP contribution in [-0.2, 0) is 23.9 Å². The van der Waals surface area contributed by atoms with Crippen LogP contribution in [0.25, 0.3) is 0 Å². The van der Waals surface area contributed by atoms with Gasteiger partial charge in [-0.3, -0.25) is 19.3 Å². The van der Waals surface area contributed by atoms with Crippen molar-refractivity contribution in [1.29, 1.82) is 0 Å². The molecule has 2 heterocycles. The number of hydrogen-bond donors (Lipinski definition) is 1. The molecular weight excluding hydrogens is 385 g/mol. The molecule has 3 rings (SSSR count). The molecular formula is C19H22FN3O6. The number of nitrogens with one attached hydrogen (secondary N) is 1. The molecule has 9 nitrogen and oxygen atoms in total. The van der Waals surface area contributed by atoms with Crippen molar-refractivity contribution in [3.8, 4) is 0 Å². The number of ether oxygens (including phenoxy) is 2. The molecule has 2 amide bonds. The molecule has 10 heteroatoms. The van der Waals surface area contributed by atoms with Gasteiger partial charge in [-0.1, -0.05) is 0 Å². The maximum absolute atomic E-state index is 14.8. The van der Waals surface area contributed by atoms with Crippen molar-refractivity contribution in [1.82, 2.24) is 5.32 Å². The van der Waals surface area contributed by atoms with Gasteiger partial charge < -0.3 is 19.7 Å². The molecule has 0 spiro atoms. The highest BCUT2D eigenvalue weighted by Crippen LogP contribution is 2.30. The minimum atomic E-state index is -0.948. The van der Waals surface area contributed by atoms with E-state index in [0.29, 0.717) is 5.69 Å². The molecule has 2 atom stereocenters. The zero-order chi connectivity index (χ0) is 21.1. The molecule has 0 bridgehead atoms. The Balaban J connectivity index is 1.72. The number of anilines is 2. The Kier molecular flexibility index (Phi) is 6.00. The normalized spacial score (nSPS) is 21.8. The lowest BCUT2D eigenvalue weighted by atomic mass is 9.96. The number of piperidine rings is 1. The maximum Gasteiger partial charge on any atom is 0.414 e. The van der Waals surface area contributed by atoms with Gasteiger partial charge in [0.2, 0.25) is 5.91 Å². The minimum Gasteiger partial charge on any atom is -0.468 e. The number of benzene rings is 1. The van der Waals surface area contributed by atoms with E-state index in [9.17, 15) is 23.6 Å². The Morgan fingerprint density at radius 3 is 2.72 bits per heavy atom. The van der Waals surface area contributed by atoms with Crippen molar-refractivity contribution in [3.05, 3.63) is 24.0 Å². The average molecular weight is 407 g/mol. The number of methoxy groups -OCH3 is 1. The zero-order valence-corrected chi connectivity index (χ0v) is 16.1. The quantitative estimate of drug-likeness (QED) is 0.570. The number of hydrogen-bond acceptors (Lipinski definition) is 7. The summed E-state index contributed by atoms with van der Waals surface area (Å²) in [6, 6.07) is 4.29. The SMILES string of the molecule is COC(=O)C1CN(c2ccc(N3C[C@H](CNC(C)=O)OC3=O)cc2F)CCC1=O. The van der Waals surface area contributed by atoms with Crippen LogP contribution in [0.3, 0.4) is 0 Å². The number of Topliss-reactive ketones (excluding diaryl/α,β-unsaturated/α-hetero) is 1.